The molecule has 2 aromatic rings. The summed E-state index contributed by atoms with van der Waals surface area (Å²) in [5.74, 6) is -0.670. The van der Waals surface area contributed by atoms with Gasteiger partial charge in [-0.2, -0.15) is 0 Å². The van der Waals surface area contributed by atoms with Crippen molar-refractivity contribution in [3.8, 4) is 5.75 Å². The highest BCUT2D eigenvalue weighted by molar-refractivity contribution is 6.01. The van der Waals surface area contributed by atoms with Gasteiger partial charge in [-0.3, -0.25) is 9.59 Å². The number of hydrogen-bond donors (Lipinski definition) is 0. The molecule has 5 heteroatoms. The Morgan fingerprint density at radius 1 is 1.04 bits per heavy atom. The van der Waals surface area contributed by atoms with E-state index in [2.05, 4.69) is 0 Å². The molecular formula is C20H20O5. The molecule has 1 unspecified atom stereocenters. The lowest BCUT2D eigenvalue weighted by atomic mass is 9.72. The molecule has 0 bridgehead atoms. The standard InChI is InChI=1S/C20H20O5/c1-13-9-10-15-12-20(18(21)23-2,19(22)24-3)17(25-16(15)11-13)14-7-5-4-6-8-14/h4-11,17H,12H2,1-3H3. The maximum atomic E-state index is 12.7. The average Bonchev–Trinajstić information content (AvgIpc) is 2.66. The minimum absolute atomic E-state index is 0.154. The maximum absolute atomic E-state index is 12.7. The highest BCUT2D eigenvalue weighted by Crippen LogP contribution is 2.48. The van der Waals surface area contributed by atoms with Gasteiger partial charge in [-0.15, -0.1) is 0 Å². The zero-order valence-electron chi connectivity index (χ0n) is 14.4. The van der Waals surface area contributed by atoms with Gasteiger partial charge in [0.15, 0.2) is 6.10 Å². The summed E-state index contributed by atoms with van der Waals surface area (Å²) in [6.45, 7) is 1.96. The van der Waals surface area contributed by atoms with E-state index in [-0.39, 0.29) is 6.42 Å². The number of benzene rings is 2. The van der Waals surface area contributed by atoms with Crippen LogP contribution in [0, 0.1) is 12.3 Å². The first-order valence-corrected chi connectivity index (χ1v) is 8.01. The molecule has 1 heterocycles. The second kappa shape index (κ2) is 6.59. The van der Waals surface area contributed by atoms with Gasteiger partial charge >= 0.3 is 11.9 Å². The Morgan fingerprint density at radius 3 is 2.28 bits per heavy atom. The quantitative estimate of drug-likeness (QED) is 0.635. The molecule has 1 aliphatic heterocycles. The topological polar surface area (TPSA) is 61.8 Å². The molecule has 0 amide bonds. The van der Waals surface area contributed by atoms with E-state index in [9.17, 15) is 9.59 Å². The van der Waals surface area contributed by atoms with E-state index in [4.69, 9.17) is 14.2 Å². The van der Waals surface area contributed by atoms with Crippen LogP contribution < -0.4 is 4.74 Å². The number of carbonyl (C=O) groups excluding carboxylic acids is 2. The van der Waals surface area contributed by atoms with Gasteiger partial charge in [-0.05, 0) is 29.7 Å². The number of rotatable bonds is 3. The van der Waals surface area contributed by atoms with E-state index in [1.807, 2.05) is 55.5 Å². The second-order valence-electron chi connectivity index (χ2n) is 6.15. The number of aryl methyl sites for hydroxylation is 1. The van der Waals surface area contributed by atoms with E-state index in [0.717, 1.165) is 11.1 Å². The van der Waals surface area contributed by atoms with E-state index >= 15 is 0 Å². The van der Waals surface area contributed by atoms with Crippen LogP contribution in [0.3, 0.4) is 0 Å². The Balaban J connectivity index is 2.22. The largest absolute Gasteiger partial charge is 0.484 e. The van der Waals surface area contributed by atoms with Gasteiger partial charge in [0.05, 0.1) is 14.2 Å². The molecule has 0 aliphatic carbocycles. The molecule has 1 aliphatic rings. The van der Waals surface area contributed by atoms with Crippen molar-refractivity contribution in [1.82, 2.24) is 0 Å². The van der Waals surface area contributed by atoms with Gasteiger partial charge < -0.3 is 14.2 Å². The zero-order chi connectivity index (χ0) is 18.0. The lowest BCUT2D eigenvalue weighted by Gasteiger charge is -2.40. The van der Waals surface area contributed by atoms with E-state index < -0.39 is 23.5 Å². The van der Waals surface area contributed by atoms with Crippen LogP contribution in [-0.4, -0.2) is 26.2 Å². The molecular weight excluding hydrogens is 320 g/mol. The van der Waals surface area contributed by atoms with Gasteiger partial charge in [0.25, 0.3) is 0 Å². The number of carbonyl (C=O) groups is 2. The number of hydrogen-bond acceptors (Lipinski definition) is 5. The van der Waals surface area contributed by atoms with E-state index in [1.54, 1.807) is 0 Å². The second-order valence-corrected chi connectivity index (χ2v) is 6.15. The van der Waals surface area contributed by atoms with Crippen LogP contribution >= 0.6 is 0 Å². The van der Waals surface area contributed by atoms with Crippen LogP contribution in [0.25, 0.3) is 0 Å². The van der Waals surface area contributed by atoms with Crippen molar-refractivity contribution in [2.45, 2.75) is 19.4 Å². The number of esters is 2. The average molecular weight is 340 g/mol. The van der Waals surface area contributed by atoms with Crippen LogP contribution in [0.2, 0.25) is 0 Å². The third kappa shape index (κ3) is 2.76. The predicted octanol–water partition coefficient (Wildman–Crippen LogP) is 3.00. The van der Waals surface area contributed by atoms with Crippen molar-refractivity contribution in [3.05, 3.63) is 65.2 Å². The van der Waals surface area contributed by atoms with Gasteiger partial charge in [0, 0.05) is 6.42 Å². The summed E-state index contributed by atoms with van der Waals surface area (Å²) in [6, 6.07) is 14.9. The summed E-state index contributed by atoms with van der Waals surface area (Å²) in [5, 5.41) is 0. The Hall–Kier alpha value is -2.82. The molecule has 3 rings (SSSR count). The highest BCUT2D eigenvalue weighted by Gasteiger charge is 2.59. The van der Waals surface area contributed by atoms with Crippen molar-refractivity contribution in [2.24, 2.45) is 5.41 Å². The molecule has 0 N–H and O–H groups in total. The first-order chi connectivity index (χ1) is 12.0. The van der Waals surface area contributed by atoms with E-state index in [0.29, 0.717) is 11.3 Å². The fourth-order valence-electron chi connectivity index (χ4n) is 3.32. The Labute approximate surface area is 146 Å². The van der Waals surface area contributed by atoms with Gasteiger partial charge in [-0.25, -0.2) is 0 Å². The minimum Gasteiger partial charge on any atom is -0.484 e. The van der Waals surface area contributed by atoms with Crippen molar-refractivity contribution >= 4 is 11.9 Å². The van der Waals surface area contributed by atoms with Crippen LogP contribution in [0.4, 0.5) is 0 Å². The molecule has 130 valence electrons. The summed E-state index contributed by atoms with van der Waals surface area (Å²) in [7, 11) is 2.53. The normalized spacial score (nSPS) is 17.8. The molecule has 0 radical (unpaired) electrons. The van der Waals surface area contributed by atoms with Crippen LogP contribution in [-0.2, 0) is 25.5 Å². The summed E-state index contributed by atoms with van der Waals surface area (Å²) in [5.41, 5.74) is 0.931. The SMILES string of the molecule is COC(=O)C1(C(=O)OC)Cc2ccc(C)cc2OC1c1ccccc1. The van der Waals surface area contributed by atoms with Gasteiger partial charge in [-0.1, -0.05) is 42.5 Å². The molecule has 0 saturated heterocycles. The van der Waals surface area contributed by atoms with Gasteiger partial charge in [0.1, 0.15) is 5.75 Å². The Bertz CT molecular complexity index is 781. The van der Waals surface area contributed by atoms with Crippen molar-refractivity contribution in [3.63, 3.8) is 0 Å². The van der Waals surface area contributed by atoms with Gasteiger partial charge in [0.2, 0.25) is 5.41 Å². The molecule has 1 atom stereocenters. The van der Waals surface area contributed by atoms with Crippen molar-refractivity contribution in [1.29, 1.82) is 0 Å². The monoisotopic (exact) mass is 340 g/mol. The number of ether oxygens (including phenoxy) is 3. The van der Waals surface area contributed by atoms with Crippen LogP contribution in [0.15, 0.2) is 48.5 Å². The first-order valence-electron chi connectivity index (χ1n) is 8.01. The molecule has 25 heavy (non-hydrogen) atoms. The van der Waals surface area contributed by atoms with Crippen LogP contribution in [0.1, 0.15) is 22.8 Å². The first kappa shape index (κ1) is 17.0. The smallest absolute Gasteiger partial charge is 0.327 e. The summed E-state index contributed by atoms with van der Waals surface area (Å²) in [6.07, 6.45) is -0.676. The van der Waals surface area contributed by atoms with Crippen molar-refractivity contribution in [2.75, 3.05) is 14.2 Å². The summed E-state index contributed by atoms with van der Waals surface area (Å²) >= 11 is 0. The Kier molecular flexibility index (Phi) is 4.49. The van der Waals surface area contributed by atoms with Crippen LogP contribution in [0.5, 0.6) is 5.75 Å². The van der Waals surface area contributed by atoms with Crippen molar-refractivity contribution < 1.29 is 23.8 Å². The third-order valence-corrected chi connectivity index (χ3v) is 4.59. The lowest BCUT2D eigenvalue weighted by Crippen LogP contribution is -2.51. The lowest BCUT2D eigenvalue weighted by molar-refractivity contribution is -0.179. The number of methoxy groups -OCH3 is 2. The zero-order valence-corrected chi connectivity index (χ0v) is 14.4. The predicted molar refractivity (Wildman–Crippen MR) is 91.2 cm³/mol. The molecule has 0 aromatic heterocycles. The third-order valence-electron chi connectivity index (χ3n) is 4.59. The number of fused-ring (bicyclic) bond motifs is 1. The fraction of sp³-hybridized carbons (Fsp3) is 0.300. The summed E-state index contributed by atoms with van der Waals surface area (Å²) < 4.78 is 16.1. The molecule has 5 nitrogen and oxygen atoms in total. The highest BCUT2D eigenvalue weighted by atomic mass is 16.6. The minimum atomic E-state index is -1.59. The van der Waals surface area contributed by atoms with E-state index in [1.165, 1.54) is 14.2 Å². The molecule has 0 spiro atoms. The molecule has 0 saturated carbocycles. The Morgan fingerprint density at radius 2 is 1.68 bits per heavy atom. The maximum Gasteiger partial charge on any atom is 0.327 e. The molecule has 2 aromatic carbocycles. The molecule has 0 fully saturated rings. The summed E-state index contributed by atoms with van der Waals surface area (Å²) in [4.78, 5) is 25.5. The fourth-order valence-corrected chi connectivity index (χ4v) is 3.32.